The largest absolute Gasteiger partial charge is 0.481 e. The molecule has 4 nitrogen and oxygen atoms in total. The van der Waals surface area contributed by atoms with Crippen LogP contribution in [0.4, 0.5) is 5.69 Å². The van der Waals surface area contributed by atoms with Crippen molar-refractivity contribution in [3.63, 3.8) is 0 Å². The third kappa shape index (κ3) is 2.20. The number of hydrogen-bond donors (Lipinski definition) is 2. The molecule has 0 spiro atoms. The van der Waals surface area contributed by atoms with Crippen LogP contribution in [-0.2, 0) is 9.59 Å². The summed E-state index contributed by atoms with van der Waals surface area (Å²) in [6, 6.07) is 6.85. The quantitative estimate of drug-likeness (QED) is 0.842. The standard InChI is InChI=1S/C15H14ClNO3/c16-10-2-1-3-11(7-10)17-14(18)12-8-4-5-9(6-8)13(12)15(19)20/h1-5,7-9,12-13H,6H2,(H,17,18)(H,19,20)/t8-,9-,12+,13-/m0/s1. The number of carbonyl (C=O) groups excluding carboxylic acids is 1. The Balaban J connectivity index is 1.80. The van der Waals surface area contributed by atoms with Gasteiger partial charge in [0.05, 0.1) is 11.8 Å². The van der Waals surface area contributed by atoms with E-state index in [9.17, 15) is 14.7 Å². The molecule has 0 heterocycles. The molecule has 104 valence electrons. The molecule has 5 heteroatoms. The summed E-state index contributed by atoms with van der Waals surface area (Å²) in [7, 11) is 0. The molecular weight excluding hydrogens is 278 g/mol. The van der Waals surface area contributed by atoms with E-state index >= 15 is 0 Å². The smallest absolute Gasteiger partial charge is 0.307 e. The topological polar surface area (TPSA) is 66.4 Å². The maximum Gasteiger partial charge on any atom is 0.307 e. The average Bonchev–Trinajstić information content (AvgIpc) is 2.98. The van der Waals surface area contributed by atoms with Crippen molar-refractivity contribution in [2.45, 2.75) is 6.42 Å². The first-order valence-electron chi connectivity index (χ1n) is 6.54. The molecule has 2 aliphatic rings. The number of rotatable bonds is 3. The van der Waals surface area contributed by atoms with Crippen LogP contribution in [0.25, 0.3) is 0 Å². The average molecular weight is 292 g/mol. The van der Waals surface area contributed by atoms with Gasteiger partial charge in [0.25, 0.3) is 0 Å². The van der Waals surface area contributed by atoms with E-state index in [0.29, 0.717) is 10.7 Å². The number of allylic oxidation sites excluding steroid dienone is 2. The summed E-state index contributed by atoms with van der Waals surface area (Å²) in [5.74, 6) is -2.25. The predicted octanol–water partition coefficient (Wildman–Crippen LogP) is 2.80. The van der Waals surface area contributed by atoms with E-state index in [1.807, 2.05) is 12.2 Å². The summed E-state index contributed by atoms with van der Waals surface area (Å²) in [6.45, 7) is 0. The van der Waals surface area contributed by atoms with Crippen LogP contribution in [0.5, 0.6) is 0 Å². The highest BCUT2D eigenvalue weighted by molar-refractivity contribution is 6.30. The van der Waals surface area contributed by atoms with Gasteiger partial charge >= 0.3 is 5.97 Å². The molecule has 0 aromatic heterocycles. The zero-order valence-electron chi connectivity index (χ0n) is 10.6. The predicted molar refractivity (Wildman–Crippen MR) is 75.4 cm³/mol. The summed E-state index contributed by atoms with van der Waals surface area (Å²) in [5.41, 5.74) is 0.596. The number of halogens is 1. The minimum absolute atomic E-state index is 0.0207. The highest BCUT2D eigenvalue weighted by Gasteiger charge is 2.51. The molecule has 4 atom stereocenters. The zero-order valence-corrected chi connectivity index (χ0v) is 11.4. The van der Waals surface area contributed by atoms with Gasteiger partial charge in [-0.15, -0.1) is 0 Å². The molecule has 0 radical (unpaired) electrons. The second-order valence-electron chi connectivity index (χ2n) is 5.34. The first-order valence-corrected chi connectivity index (χ1v) is 6.91. The van der Waals surface area contributed by atoms with E-state index in [2.05, 4.69) is 5.32 Å². The van der Waals surface area contributed by atoms with Crippen LogP contribution in [0.3, 0.4) is 0 Å². The van der Waals surface area contributed by atoms with Crippen molar-refractivity contribution in [3.8, 4) is 0 Å². The summed E-state index contributed by atoms with van der Waals surface area (Å²) in [4.78, 5) is 23.8. The van der Waals surface area contributed by atoms with Gasteiger partial charge in [-0.2, -0.15) is 0 Å². The second-order valence-corrected chi connectivity index (χ2v) is 5.77. The van der Waals surface area contributed by atoms with Crippen molar-refractivity contribution in [2.24, 2.45) is 23.7 Å². The lowest BCUT2D eigenvalue weighted by atomic mass is 9.82. The lowest BCUT2D eigenvalue weighted by Crippen LogP contribution is -2.36. The highest BCUT2D eigenvalue weighted by Crippen LogP contribution is 2.48. The van der Waals surface area contributed by atoms with E-state index in [-0.39, 0.29) is 17.7 Å². The van der Waals surface area contributed by atoms with Crippen molar-refractivity contribution >= 4 is 29.2 Å². The fourth-order valence-corrected chi connectivity index (χ4v) is 3.50. The number of nitrogens with one attached hydrogen (secondary N) is 1. The molecule has 2 N–H and O–H groups in total. The molecule has 20 heavy (non-hydrogen) atoms. The van der Waals surface area contributed by atoms with Crippen LogP contribution >= 0.6 is 11.6 Å². The molecular formula is C15H14ClNO3. The van der Waals surface area contributed by atoms with Crippen molar-refractivity contribution < 1.29 is 14.7 Å². The second kappa shape index (κ2) is 4.94. The first-order chi connectivity index (χ1) is 9.56. The molecule has 0 saturated heterocycles. The SMILES string of the molecule is O=C(O)[C@@H]1[C@H](C(=O)Nc2cccc(Cl)c2)[C@H]2C=C[C@H]1C2. The van der Waals surface area contributed by atoms with Crippen LogP contribution < -0.4 is 5.32 Å². The number of carboxylic acids is 1. The van der Waals surface area contributed by atoms with Gasteiger partial charge in [-0.25, -0.2) is 0 Å². The lowest BCUT2D eigenvalue weighted by molar-refractivity contribution is -0.146. The third-order valence-electron chi connectivity index (χ3n) is 4.14. The summed E-state index contributed by atoms with van der Waals surface area (Å²) in [5, 5.41) is 12.6. The molecule has 0 unspecified atom stereocenters. The van der Waals surface area contributed by atoms with Gasteiger partial charge in [0.2, 0.25) is 5.91 Å². The van der Waals surface area contributed by atoms with Crippen LogP contribution in [0.15, 0.2) is 36.4 Å². The number of benzene rings is 1. The molecule has 1 saturated carbocycles. The summed E-state index contributed by atoms with van der Waals surface area (Å²) >= 11 is 5.87. The van der Waals surface area contributed by atoms with Gasteiger partial charge < -0.3 is 10.4 Å². The molecule has 1 amide bonds. The van der Waals surface area contributed by atoms with Gasteiger partial charge in [-0.1, -0.05) is 29.8 Å². The Kier molecular flexibility index (Phi) is 3.26. The van der Waals surface area contributed by atoms with Gasteiger partial charge in [0.15, 0.2) is 0 Å². The molecule has 2 aliphatic carbocycles. The normalized spacial score (nSPS) is 30.4. The van der Waals surface area contributed by atoms with Gasteiger partial charge in [0, 0.05) is 10.7 Å². The lowest BCUT2D eigenvalue weighted by Gasteiger charge is -2.23. The van der Waals surface area contributed by atoms with E-state index in [0.717, 1.165) is 6.42 Å². The Labute approximate surface area is 121 Å². The van der Waals surface area contributed by atoms with Crippen molar-refractivity contribution in [2.75, 3.05) is 5.32 Å². The van der Waals surface area contributed by atoms with E-state index in [1.165, 1.54) is 0 Å². The monoisotopic (exact) mass is 291 g/mol. The molecule has 2 bridgehead atoms. The summed E-state index contributed by atoms with van der Waals surface area (Å²) < 4.78 is 0. The Morgan fingerprint density at radius 3 is 2.55 bits per heavy atom. The van der Waals surface area contributed by atoms with Crippen molar-refractivity contribution in [1.29, 1.82) is 0 Å². The van der Waals surface area contributed by atoms with E-state index in [4.69, 9.17) is 11.6 Å². The minimum Gasteiger partial charge on any atom is -0.481 e. The van der Waals surface area contributed by atoms with Crippen molar-refractivity contribution in [1.82, 2.24) is 0 Å². The first kappa shape index (κ1) is 13.2. The fourth-order valence-electron chi connectivity index (χ4n) is 3.31. The van der Waals surface area contributed by atoms with Crippen LogP contribution in [-0.4, -0.2) is 17.0 Å². The fraction of sp³-hybridized carbons (Fsp3) is 0.333. The molecule has 3 rings (SSSR count). The van der Waals surface area contributed by atoms with E-state index < -0.39 is 17.8 Å². The van der Waals surface area contributed by atoms with Crippen molar-refractivity contribution in [3.05, 3.63) is 41.4 Å². The number of aliphatic carboxylic acids is 1. The van der Waals surface area contributed by atoms with Crippen LogP contribution in [0, 0.1) is 23.7 Å². The Bertz CT molecular complexity index is 599. The van der Waals surface area contributed by atoms with Crippen LogP contribution in [0.2, 0.25) is 5.02 Å². The zero-order chi connectivity index (χ0) is 14.3. The maximum atomic E-state index is 12.4. The van der Waals surface area contributed by atoms with Gasteiger partial charge in [-0.3, -0.25) is 9.59 Å². The number of carbonyl (C=O) groups is 2. The van der Waals surface area contributed by atoms with Gasteiger partial charge in [-0.05, 0) is 36.5 Å². The Hall–Kier alpha value is -1.81. The maximum absolute atomic E-state index is 12.4. The molecule has 1 aromatic carbocycles. The number of fused-ring (bicyclic) bond motifs is 2. The molecule has 0 aliphatic heterocycles. The molecule has 1 aromatic rings. The Morgan fingerprint density at radius 2 is 1.90 bits per heavy atom. The number of hydrogen-bond acceptors (Lipinski definition) is 2. The minimum atomic E-state index is -0.895. The number of anilines is 1. The summed E-state index contributed by atoms with van der Waals surface area (Å²) in [6.07, 6.45) is 4.64. The molecule has 1 fully saturated rings. The van der Waals surface area contributed by atoms with E-state index in [1.54, 1.807) is 24.3 Å². The van der Waals surface area contributed by atoms with Gasteiger partial charge in [0.1, 0.15) is 0 Å². The third-order valence-corrected chi connectivity index (χ3v) is 4.37. The number of amides is 1. The highest BCUT2D eigenvalue weighted by atomic mass is 35.5. The Morgan fingerprint density at radius 1 is 1.20 bits per heavy atom. The van der Waals surface area contributed by atoms with Crippen LogP contribution in [0.1, 0.15) is 6.42 Å². The number of carboxylic acid groups (broad SMARTS) is 1.